The number of carbonyl (C=O) groups is 2. The number of amides is 1. The van der Waals surface area contributed by atoms with Gasteiger partial charge in [0, 0.05) is 5.02 Å². The molecule has 1 fully saturated rings. The first-order valence-electron chi connectivity index (χ1n) is 11.1. The number of ether oxygens (including phenoxy) is 4. The molecule has 4 rings (SSSR count). The van der Waals surface area contributed by atoms with E-state index in [9.17, 15) is 19.8 Å². The van der Waals surface area contributed by atoms with E-state index in [2.05, 4.69) is 0 Å². The first-order chi connectivity index (χ1) is 18.2. The molecule has 1 aliphatic rings. The molecule has 38 heavy (non-hydrogen) atoms. The molecule has 2 N–H and O–H groups in total. The fourth-order valence-electron chi connectivity index (χ4n) is 4.41. The van der Waals surface area contributed by atoms with Crippen LogP contribution in [0.1, 0.15) is 17.2 Å². The molecule has 0 aromatic heterocycles. The van der Waals surface area contributed by atoms with E-state index in [0.717, 1.165) is 4.90 Å². The van der Waals surface area contributed by atoms with Crippen LogP contribution in [0.3, 0.4) is 0 Å². The molecule has 1 heterocycles. The molecule has 9 nitrogen and oxygen atoms in total. The van der Waals surface area contributed by atoms with Gasteiger partial charge in [-0.2, -0.15) is 0 Å². The fourth-order valence-corrected chi connectivity index (χ4v) is 4.98. The van der Waals surface area contributed by atoms with Gasteiger partial charge < -0.3 is 29.2 Å². The van der Waals surface area contributed by atoms with E-state index in [0.29, 0.717) is 5.56 Å². The number of aliphatic hydroxyl groups is 1. The van der Waals surface area contributed by atoms with Gasteiger partial charge in [0.1, 0.15) is 17.3 Å². The van der Waals surface area contributed by atoms with Gasteiger partial charge in [-0.3, -0.25) is 14.5 Å². The number of nitrogens with zero attached hydrogens (tertiary/aromatic N) is 1. The number of phenols is 1. The number of hydrogen-bond donors (Lipinski definition) is 2. The quantitative estimate of drug-likeness (QED) is 0.226. The van der Waals surface area contributed by atoms with Crippen molar-refractivity contribution in [3.05, 3.63) is 75.3 Å². The minimum Gasteiger partial charge on any atom is -0.507 e. The molecule has 0 spiro atoms. The third kappa shape index (κ3) is 4.44. The summed E-state index contributed by atoms with van der Waals surface area (Å²) in [6.45, 7) is 0. The zero-order valence-corrected chi connectivity index (χ0v) is 22.3. The Balaban J connectivity index is 2.09. The van der Waals surface area contributed by atoms with Crippen molar-refractivity contribution in [3.8, 4) is 28.7 Å². The number of methoxy groups -OCH3 is 4. The number of rotatable bonds is 7. The first kappa shape index (κ1) is 27.0. The number of aliphatic hydroxyl groups excluding tert-OH is 1. The van der Waals surface area contributed by atoms with Crippen LogP contribution in [0.15, 0.2) is 54.1 Å². The Morgan fingerprint density at radius 3 is 2.03 bits per heavy atom. The van der Waals surface area contributed by atoms with Gasteiger partial charge in [0.25, 0.3) is 11.7 Å². The molecule has 0 bridgehead atoms. The van der Waals surface area contributed by atoms with Gasteiger partial charge in [-0.15, -0.1) is 0 Å². The highest BCUT2D eigenvalue weighted by molar-refractivity contribution is 6.52. The summed E-state index contributed by atoms with van der Waals surface area (Å²) in [6, 6.07) is 10.6. The van der Waals surface area contributed by atoms with Gasteiger partial charge >= 0.3 is 0 Å². The highest BCUT2D eigenvalue weighted by Gasteiger charge is 2.48. The van der Waals surface area contributed by atoms with Crippen molar-refractivity contribution in [1.82, 2.24) is 0 Å². The average Bonchev–Trinajstić information content (AvgIpc) is 3.17. The second-order valence-electron chi connectivity index (χ2n) is 8.08. The molecule has 1 aliphatic heterocycles. The molecule has 3 aromatic carbocycles. The molecule has 1 atom stereocenters. The van der Waals surface area contributed by atoms with Crippen molar-refractivity contribution in [2.75, 3.05) is 33.3 Å². The lowest BCUT2D eigenvalue weighted by Gasteiger charge is -2.27. The number of phenolic OH excluding ortho intramolecular Hbond substituents is 1. The van der Waals surface area contributed by atoms with E-state index in [1.807, 2.05) is 0 Å². The number of para-hydroxylation sites is 2. The van der Waals surface area contributed by atoms with E-state index in [1.54, 1.807) is 24.3 Å². The summed E-state index contributed by atoms with van der Waals surface area (Å²) >= 11 is 12.5. The third-order valence-corrected chi connectivity index (χ3v) is 6.56. The summed E-state index contributed by atoms with van der Waals surface area (Å²) in [4.78, 5) is 28.1. The van der Waals surface area contributed by atoms with Crippen LogP contribution in [-0.2, 0) is 9.59 Å². The maximum absolute atomic E-state index is 13.5. The van der Waals surface area contributed by atoms with Crippen LogP contribution in [-0.4, -0.2) is 50.3 Å². The Labute approximate surface area is 228 Å². The van der Waals surface area contributed by atoms with E-state index >= 15 is 0 Å². The summed E-state index contributed by atoms with van der Waals surface area (Å²) in [5, 5.41) is 22.4. The van der Waals surface area contributed by atoms with Crippen molar-refractivity contribution in [2.24, 2.45) is 0 Å². The van der Waals surface area contributed by atoms with Gasteiger partial charge in [0.2, 0.25) is 5.75 Å². The molecule has 0 saturated carbocycles. The third-order valence-electron chi connectivity index (χ3n) is 6.06. The van der Waals surface area contributed by atoms with Gasteiger partial charge in [0.05, 0.1) is 56.3 Å². The second kappa shape index (κ2) is 10.7. The highest BCUT2D eigenvalue weighted by atomic mass is 35.5. The van der Waals surface area contributed by atoms with E-state index < -0.39 is 23.5 Å². The maximum atomic E-state index is 13.5. The highest BCUT2D eigenvalue weighted by Crippen LogP contribution is 2.49. The SMILES string of the molecule is COc1cc(C2/C(=C(\O)c3cc(Cl)cc(Cl)c3OC)C(=O)C(=O)N2c2ccccc2O)cc(OC)c1OC. The molecule has 1 unspecified atom stereocenters. The number of anilines is 1. The second-order valence-corrected chi connectivity index (χ2v) is 8.93. The predicted molar refractivity (Wildman–Crippen MR) is 142 cm³/mol. The molecule has 0 aliphatic carbocycles. The topological polar surface area (TPSA) is 115 Å². The lowest BCUT2D eigenvalue weighted by Crippen LogP contribution is -2.29. The lowest BCUT2D eigenvalue weighted by molar-refractivity contribution is -0.132. The minimum atomic E-state index is -1.24. The molecule has 0 radical (unpaired) electrons. The van der Waals surface area contributed by atoms with Crippen LogP contribution in [0.25, 0.3) is 5.76 Å². The smallest absolute Gasteiger partial charge is 0.300 e. The Hall–Kier alpha value is -4.08. The summed E-state index contributed by atoms with van der Waals surface area (Å²) in [5.41, 5.74) is 0.0565. The summed E-state index contributed by atoms with van der Waals surface area (Å²) < 4.78 is 21.7. The summed E-state index contributed by atoms with van der Waals surface area (Å²) in [6.07, 6.45) is 0. The molecular formula is C27H23Cl2NO8. The van der Waals surface area contributed by atoms with Crippen LogP contribution in [0.2, 0.25) is 10.0 Å². The number of benzene rings is 3. The number of halogens is 2. The van der Waals surface area contributed by atoms with Crippen molar-refractivity contribution >= 4 is 46.3 Å². The zero-order valence-electron chi connectivity index (χ0n) is 20.7. The van der Waals surface area contributed by atoms with Crippen molar-refractivity contribution in [1.29, 1.82) is 0 Å². The van der Waals surface area contributed by atoms with Crippen LogP contribution in [0, 0.1) is 0 Å². The van der Waals surface area contributed by atoms with E-state index in [-0.39, 0.29) is 55.6 Å². The minimum absolute atomic E-state index is 0.00211. The number of Topliss-reactive ketones (excluding diaryl/α,β-unsaturated/α-hetero) is 1. The summed E-state index contributed by atoms with van der Waals surface area (Å²) in [7, 11) is 5.60. The van der Waals surface area contributed by atoms with Gasteiger partial charge in [-0.05, 0) is 42.0 Å². The number of aromatic hydroxyl groups is 1. The molecule has 11 heteroatoms. The molecule has 198 valence electrons. The summed E-state index contributed by atoms with van der Waals surface area (Å²) in [5.74, 6) is -2.02. The van der Waals surface area contributed by atoms with E-state index in [1.165, 1.54) is 52.7 Å². The van der Waals surface area contributed by atoms with Gasteiger partial charge in [-0.25, -0.2) is 0 Å². The zero-order chi connectivity index (χ0) is 27.7. The molecule has 1 amide bonds. The van der Waals surface area contributed by atoms with Crippen LogP contribution in [0.5, 0.6) is 28.7 Å². The lowest BCUT2D eigenvalue weighted by atomic mass is 9.94. The first-order valence-corrected chi connectivity index (χ1v) is 11.9. The fraction of sp³-hybridized carbons (Fsp3) is 0.185. The van der Waals surface area contributed by atoms with Crippen molar-refractivity contribution in [2.45, 2.75) is 6.04 Å². The van der Waals surface area contributed by atoms with Crippen molar-refractivity contribution in [3.63, 3.8) is 0 Å². The maximum Gasteiger partial charge on any atom is 0.300 e. The van der Waals surface area contributed by atoms with Gasteiger partial charge in [-0.1, -0.05) is 35.3 Å². The van der Waals surface area contributed by atoms with Crippen molar-refractivity contribution < 1.29 is 38.7 Å². The van der Waals surface area contributed by atoms with Gasteiger partial charge in [0.15, 0.2) is 11.5 Å². The standard InChI is InChI=1S/C27H23Cl2NO8/c1-35-19-9-13(10-20(36-2)26(19)38-4)22-21(23(32)15-11-14(28)12-16(29)25(15)37-3)24(33)27(34)30(22)17-7-5-6-8-18(17)31/h5-12,22,31-32H,1-4H3/b23-21+. The number of carbonyl (C=O) groups excluding carboxylic acids is 2. The average molecular weight is 560 g/mol. The predicted octanol–water partition coefficient (Wildman–Crippen LogP) is 5.36. The van der Waals surface area contributed by atoms with Crippen LogP contribution in [0.4, 0.5) is 5.69 Å². The molecular weight excluding hydrogens is 537 g/mol. The Kier molecular flexibility index (Phi) is 7.61. The monoisotopic (exact) mass is 559 g/mol. The molecule has 1 saturated heterocycles. The Bertz CT molecular complexity index is 1440. The Morgan fingerprint density at radius 2 is 1.47 bits per heavy atom. The normalized spacial score (nSPS) is 16.5. The molecule has 3 aromatic rings. The van der Waals surface area contributed by atoms with E-state index in [4.69, 9.17) is 42.1 Å². The number of ketones is 1. The van der Waals surface area contributed by atoms with Crippen LogP contribution >= 0.6 is 23.2 Å². The van der Waals surface area contributed by atoms with Crippen LogP contribution < -0.4 is 23.8 Å². The largest absolute Gasteiger partial charge is 0.507 e. The number of hydrogen-bond acceptors (Lipinski definition) is 8. The Morgan fingerprint density at radius 1 is 0.868 bits per heavy atom.